The van der Waals surface area contributed by atoms with Crippen molar-refractivity contribution in [3.63, 3.8) is 0 Å². The molecule has 1 aliphatic rings. The number of ether oxygens (including phenoxy) is 2. The van der Waals surface area contributed by atoms with E-state index in [1.165, 1.54) is 0 Å². The number of hydrogen-bond donors (Lipinski definition) is 1. The van der Waals surface area contributed by atoms with Gasteiger partial charge in [-0.2, -0.15) is 0 Å². The number of fused-ring (bicyclic) bond motifs is 2. The van der Waals surface area contributed by atoms with Gasteiger partial charge >= 0.3 is 0 Å². The van der Waals surface area contributed by atoms with Gasteiger partial charge in [0.05, 0.1) is 0 Å². The smallest absolute Gasteiger partial charge is 0.231 e. The Balaban J connectivity index is 1.58. The Morgan fingerprint density at radius 3 is 2.44 bits per heavy atom. The number of halogens is 1. The minimum atomic E-state index is 0.247. The lowest BCUT2D eigenvalue weighted by Gasteiger charge is -2.11. The first-order valence-electron chi connectivity index (χ1n) is 8.46. The second-order valence-corrected chi connectivity index (χ2v) is 6.58. The third-order valence-electron chi connectivity index (χ3n) is 4.44. The van der Waals surface area contributed by atoms with Gasteiger partial charge in [-0.3, -0.25) is 0 Å². The first kappa shape index (κ1) is 15.9. The van der Waals surface area contributed by atoms with Crippen molar-refractivity contribution in [2.24, 2.45) is 0 Å². The molecule has 2 heterocycles. The molecular formula is C21H14ClN3O2. The molecule has 0 radical (unpaired) electrons. The van der Waals surface area contributed by atoms with E-state index in [9.17, 15) is 0 Å². The summed E-state index contributed by atoms with van der Waals surface area (Å²) in [5, 5.41) is 14.9. The standard InChI is InChI=1S/C21H14ClN3O2/c22-14-7-5-13(6-8-14)20-16-3-1-2-4-17(16)21(25-24-20)23-15-9-10-18-19(11-15)27-12-26-18/h1-11H,12H2,(H,23,25). The van der Waals surface area contributed by atoms with Gasteiger partial charge in [0, 0.05) is 33.1 Å². The molecule has 5 nitrogen and oxygen atoms in total. The molecule has 1 N–H and O–H groups in total. The summed E-state index contributed by atoms with van der Waals surface area (Å²) in [6.45, 7) is 0.247. The molecule has 0 fully saturated rings. The highest BCUT2D eigenvalue weighted by atomic mass is 35.5. The van der Waals surface area contributed by atoms with Crippen molar-refractivity contribution in [2.45, 2.75) is 0 Å². The minimum absolute atomic E-state index is 0.247. The topological polar surface area (TPSA) is 56.3 Å². The van der Waals surface area contributed by atoms with Crippen LogP contribution in [-0.4, -0.2) is 17.0 Å². The quantitative estimate of drug-likeness (QED) is 0.518. The van der Waals surface area contributed by atoms with Gasteiger partial charge < -0.3 is 14.8 Å². The van der Waals surface area contributed by atoms with E-state index in [0.717, 1.165) is 39.2 Å². The maximum Gasteiger partial charge on any atom is 0.231 e. The lowest BCUT2D eigenvalue weighted by Crippen LogP contribution is -1.99. The van der Waals surface area contributed by atoms with Gasteiger partial charge in [-0.15, -0.1) is 10.2 Å². The third-order valence-corrected chi connectivity index (χ3v) is 4.69. The average Bonchev–Trinajstić information content (AvgIpc) is 3.17. The van der Waals surface area contributed by atoms with Crippen molar-refractivity contribution in [2.75, 3.05) is 12.1 Å². The number of benzene rings is 3. The summed E-state index contributed by atoms with van der Waals surface area (Å²) in [6.07, 6.45) is 0. The summed E-state index contributed by atoms with van der Waals surface area (Å²) in [4.78, 5) is 0. The van der Waals surface area contributed by atoms with Gasteiger partial charge in [0.25, 0.3) is 0 Å². The van der Waals surface area contributed by atoms with Crippen LogP contribution in [0.15, 0.2) is 66.7 Å². The Hall–Kier alpha value is -3.31. The lowest BCUT2D eigenvalue weighted by atomic mass is 10.0. The fourth-order valence-electron chi connectivity index (χ4n) is 3.13. The highest BCUT2D eigenvalue weighted by Crippen LogP contribution is 2.36. The van der Waals surface area contributed by atoms with Crippen LogP contribution >= 0.6 is 11.6 Å². The number of nitrogens with zero attached hydrogens (tertiary/aromatic N) is 2. The fourth-order valence-corrected chi connectivity index (χ4v) is 3.25. The molecule has 0 saturated heterocycles. The monoisotopic (exact) mass is 375 g/mol. The number of anilines is 2. The number of nitrogens with one attached hydrogen (secondary N) is 1. The molecule has 0 saturated carbocycles. The van der Waals surface area contributed by atoms with Gasteiger partial charge in [-0.25, -0.2) is 0 Å². The van der Waals surface area contributed by atoms with E-state index in [4.69, 9.17) is 21.1 Å². The van der Waals surface area contributed by atoms with E-state index >= 15 is 0 Å². The van der Waals surface area contributed by atoms with Crippen LogP contribution in [0, 0.1) is 0 Å². The zero-order chi connectivity index (χ0) is 18.2. The molecule has 6 heteroatoms. The van der Waals surface area contributed by atoms with Crippen molar-refractivity contribution < 1.29 is 9.47 Å². The van der Waals surface area contributed by atoms with Gasteiger partial charge in [0.15, 0.2) is 17.3 Å². The van der Waals surface area contributed by atoms with Gasteiger partial charge in [0.1, 0.15) is 5.69 Å². The minimum Gasteiger partial charge on any atom is -0.454 e. The van der Waals surface area contributed by atoms with Crippen molar-refractivity contribution >= 4 is 33.9 Å². The van der Waals surface area contributed by atoms with Crippen LogP contribution in [0.4, 0.5) is 11.5 Å². The van der Waals surface area contributed by atoms with Crippen LogP contribution in [0.3, 0.4) is 0 Å². The highest BCUT2D eigenvalue weighted by molar-refractivity contribution is 6.30. The molecule has 0 atom stereocenters. The second-order valence-electron chi connectivity index (χ2n) is 6.14. The van der Waals surface area contributed by atoms with Crippen molar-refractivity contribution in [1.29, 1.82) is 0 Å². The zero-order valence-corrected chi connectivity index (χ0v) is 14.9. The highest BCUT2D eigenvalue weighted by Gasteiger charge is 2.15. The molecule has 1 aromatic heterocycles. The van der Waals surface area contributed by atoms with Crippen LogP contribution < -0.4 is 14.8 Å². The van der Waals surface area contributed by atoms with E-state index in [2.05, 4.69) is 15.5 Å². The molecule has 0 aliphatic carbocycles. The van der Waals surface area contributed by atoms with Gasteiger partial charge in [0.2, 0.25) is 6.79 Å². The average molecular weight is 376 g/mol. The van der Waals surface area contributed by atoms with Gasteiger partial charge in [-0.1, -0.05) is 48.0 Å². The molecule has 4 aromatic rings. The van der Waals surface area contributed by atoms with E-state index in [1.54, 1.807) is 0 Å². The summed E-state index contributed by atoms with van der Waals surface area (Å²) in [7, 11) is 0. The molecule has 0 bridgehead atoms. The Labute approximate surface area is 160 Å². The van der Waals surface area contributed by atoms with Crippen LogP contribution in [0.25, 0.3) is 22.0 Å². The number of aromatic nitrogens is 2. The fraction of sp³-hybridized carbons (Fsp3) is 0.0476. The van der Waals surface area contributed by atoms with E-state index in [0.29, 0.717) is 10.8 Å². The van der Waals surface area contributed by atoms with Crippen molar-refractivity contribution in [1.82, 2.24) is 10.2 Å². The van der Waals surface area contributed by atoms with E-state index in [1.807, 2.05) is 66.7 Å². The predicted octanol–water partition coefficient (Wildman–Crippen LogP) is 5.42. The molecule has 3 aromatic carbocycles. The third kappa shape index (κ3) is 2.92. The molecule has 1 aliphatic heterocycles. The molecule has 132 valence electrons. The zero-order valence-electron chi connectivity index (χ0n) is 14.1. The molecule has 5 rings (SSSR count). The Morgan fingerprint density at radius 2 is 1.59 bits per heavy atom. The SMILES string of the molecule is Clc1ccc(-c2nnc(Nc3ccc4c(c3)OCO4)c3ccccc23)cc1. The number of hydrogen-bond acceptors (Lipinski definition) is 5. The Bertz CT molecular complexity index is 1150. The summed E-state index contributed by atoms with van der Waals surface area (Å²) in [6, 6.07) is 21.4. The first-order valence-corrected chi connectivity index (χ1v) is 8.84. The van der Waals surface area contributed by atoms with Crippen molar-refractivity contribution in [3.8, 4) is 22.8 Å². The summed E-state index contributed by atoms with van der Waals surface area (Å²) in [5.41, 5.74) is 2.65. The van der Waals surface area contributed by atoms with Gasteiger partial charge in [-0.05, 0) is 24.3 Å². The molecular weight excluding hydrogens is 362 g/mol. The van der Waals surface area contributed by atoms with Crippen LogP contribution in [-0.2, 0) is 0 Å². The summed E-state index contributed by atoms with van der Waals surface area (Å²) < 4.78 is 10.8. The lowest BCUT2D eigenvalue weighted by molar-refractivity contribution is 0.174. The first-order chi connectivity index (χ1) is 13.3. The maximum absolute atomic E-state index is 6.01. The Kier molecular flexibility index (Phi) is 3.80. The van der Waals surface area contributed by atoms with Crippen LogP contribution in [0.5, 0.6) is 11.5 Å². The normalized spacial score (nSPS) is 12.3. The maximum atomic E-state index is 6.01. The summed E-state index contributed by atoms with van der Waals surface area (Å²) >= 11 is 6.01. The number of rotatable bonds is 3. The molecule has 27 heavy (non-hydrogen) atoms. The van der Waals surface area contributed by atoms with Crippen molar-refractivity contribution in [3.05, 3.63) is 71.8 Å². The van der Waals surface area contributed by atoms with E-state index in [-0.39, 0.29) is 6.79 Å². The second kappa shape index (κ2) is 6.45. The molecule has 0 amide bonds. The molecule has 0 unspecified atom stereocenters. The Morgan fingerprint density at radius 1 is 0.815 bits per heavy atom. The van der Waals surface area contributed by atoms with E-state index < -0.39 is 0 Å². The van der Waals surface area contributed by atoms with Crippen LogP contribution in [0.1, 0.15) is 0 Å². The largest absolute Gasteiger partial charge is 0.454 e. The predicted molar refractivity (Wildman–Crippen MR) is 106 cm³/mol. The molecule has 0 spiro atoms. The summed E-state index contributed by atoms with van der Waals surface area (Å²) in [5.74, 6) is 2.15. The van der Waals surface area contributed by atoms with Crippen LogP contribution in [0.2, 0.25) is 5.02 Å².